The summed E-state index contributed by atoms with van der Waals surface area (Å²) in [6, 6.07) is 5.06. The Kier molecular flexibility index (Phi) is 5.79. The minimum absolute atomic E-state index is 0.0298. The van der Waals surface area contributed by atoms with Gasteiger partial charge in [0.2, 0.25) is 0 Å². The van der Waals surface area contributed by atoms with Gasteiger partial charge in [0.15, 0.2) is 0 Å². The van der Waals surface area contributed by atoms with Gasteiger partial charge >= 0.3 is 11.6 Å². The lowest BCUT2D eigenvalue weighted by Gasteiger charge is -2.66. The fraction of sp³-hybridized carbons (Fsp3) is 0.621. The van der Waals surface area contributed by atoms with Crippen molar-refractivity contribution >= 4 is 5.97 Å². The minimum Gasteiger partial charge on any atom is -0.484 e. The van der Waals surface area contributed by atoms with Crippen LogP contribution in [0.25, 0.3) is 11.3 Å². The summed E-state index contributed by atoms with van der Waals surface area (Å²) in [5.41, 5.74) is -2.76. The van der Waals surface area contributed by atoms with E-state index < -0.39 is 46.3 Å². The molecule has 3 N–H and O–H groups in total. The summed E-state index contributed by atoms with van der Waals surface area (Å²) in [5, 5.41) is 34.5. The first kappa shape index (κ1) is 25.5. The first-order valence-corrected chi connectivity index (χ1v) is 13.5. The van der Waals surface area contributed by atoms with Crippen molar-refractivity contribution < 1.29 is 34.0 Å². The normalized spacial score (nSPS) is 39.8. The van der Waals surface area contributed by atoms with Crippen molar-refractivity contribution in [2.45, 2.75) is 76.8 Å². The van der Waals surface area contributed by atoms with E-state index in [1.54, 1.807) is 37.5 Å². The SMILES string of the molecule is CC1(COC(=O)C2CC2)C(O)CCC2(C)C1CC(O)C1(C)Oc3cc(-c4cccnc4)oc(=O)c3C(O)C21. The topological polar surface area (TPSA) is 139 Å². The zero-order chi connectivity index (χ0) is 27.0. The maximum absolute atomic E-state index is 13.2. The molecule has 1 aliphatic heterocycles. The third-order valence-corrected chi connectivity index (χ3v) is 10.0. The van der Waals surface area contributed by atoms with E-state index in [1.807, 2.05) is 13.8 Å². The molecule has 2 aromatic heterocycles. The second kappa shape index (κ2) is 8.63. The van der Waals surface area contributed by atoms with Crippen molar-refractivity contribution in [3.8, 4) is 17.1 Å². The summed E-state index contributed by atoms with van der Waals surface area (Å²) in [7, 11) is 0. The Bertz CT molecular complexity index is 1310. The highest BCUT2D eigenvalue weighted by Gasteiger charge is 2.69. The zero-order valence-corrected chi connectivity index (χ0v) is 21.9. The van der Waals surface area contributed by atoms with Gasteiger partial charge in [-0.2, -0.15) is 0 Å². The van der Waals surface area contributed by atoms with Crippen molar-refractivity contribution in [1.29, 1.82) is 0 Å². The molecule has 9 nitrogen and oxygen atoms in total. The van der Waals surface area contributed by atoms with E-state index >= 15 is 0 Å². The Hall–Kier alpha value is -2.75. The Morgan fingerprint density at radius 3 is 2.61 bits per heavy atom. The molecule has 6 rings (SSSR count). The average molecular weight is 526 g/mol. The number of rotatable bonds is 4. The maximum Gasteiger partial charge on any atom is 0.345 e. The van der Waals surface area contributed by atoms with Gasteiger partial charge in [-0.25, -0.2) is 4.79 Å². The van der Waals surface area contributed by atoms with Gasteiger partial charge in [-0.05, 0) is 62.5 Å². The Morgan fingerprint density at radius 2 is 1.92 bits per heavy atom. The largest absolute Gasteiger partial charge is 0.484 e. The lowest BCUT2D eigenvalue weighted by molar-refractivity contribution is -0.265. The highest BCUT2D eigenvalue weighted by atomic mass is 16.5. The second-order valence-corrected chi connectivity index (χ2v) is 12.4. The molecule has 2 aromatic rings. The van der Waals surface area contributed by atoms with Crippen LogP contribution in [0.1, 0.15) is 64.5 Å². The molecule has 38 heavy (non-hydrogen) atoms. The van der Waals surface area contributed by atoms with Gasteiger partial charge in [-0.15, -0.1) is 0 Å². The zero-order valence-electron chi connectivity index (χ0n) is 21.9. The Balaban J connectivity index is 1.40. The van der Waals surface area contributed by atoms with Crippen LogP contribution < -0.4 is 10.4 Å². The van der Waals surface area contributed by atoms with Crippen molar-refractivity contribution in [3.05, 3.63) is 46.6 Å². The molecule has 4 aliphatic rings. The molecule has 0 spiro atoms. The molecule has 9 heteroatoms. The van der Waals surface area contributed by atoms with Crippen LogP contribution in [0.2, 0.25) is 0 Å². The van der Waals surface area contributed by atoms with E-state index in [9.17, 15) is 24.9 Å². The molecule has 0 amide bonds. The molecule has 8 atom stereocenters. The lowest BCUT2D eigenvalue weighted by atomic mass is 9.42. The number of ether oxygens (including phenoxy) is 2. The monoisotopic (exact) mass is 525 g/mol. The van der Waals surface area contributed by atoms with Crippen LogP contribution >= 0.6 is 0 Å². The molecule has 8 unspecified atom stereocenters. The Labute approximate surface area is 220 Å². The van der Waals surface area contributed by atoms with Crippen molar-refractivity contribution in [2.75, 3.05) is 6.61 Å². The number of aliphatic hydroxyl groups is 3. The molecule has 0 radical (unpaired) electrons. The number of nitrogens with zero attached hydrogens (tertiary/aromatic N) is 1. The number of hydrogen-bond acceptors (Lipinski definition) is 9. The van der Waals surface area contributed by atoms with Crippen LogP contribution in [-0.2, 0) is 9.53 Å². The average Bonchev–Trinajstić information content (AvgIpc) is 3.73. The predicted molar refractivity (Wildman–Crippen MR) is 135 cm³/mol. The van der Waals surface area contributed by atoms with Crippen LogP contribution in [0.15, 0.2) is 39.8 Å². The van der Waals surface area contributed by atoms with Crippen LogP contribution in [0, 0.1) is 28.6 Å². The van der Waals surface area contributed by atoms with Crippen molar-refractivity contribution in [3.63, 3.8) is 0 Å². The minimum atomic E-state index is -1.26. The molecule has 3 saturated carbocycles. The van der Waals surface area contributed by atoms with E-state index in [4.69, 9.17) is 13.9 Å². The van der Waals surface area contributed by atoms with Gasteiger partial charge < -0.3 is 29.2 Å². The number of carbonyl (C=O) groups excluding carboxylic acids is 1. The number of pyridine rings is 1. The molecule has 0 bridgehead atoms. The van der Waals surface area contributed by atoms with E-state index in [-0.39, 0.29) is 47.9 Å². The van der Waals surface area contributed by atoms with E-state index in [2.05, 4.69) is 4.98 Å². The van der Waals surface area contributed by atoms with Gasteiger partial charge in [0.1, 0.15) is 22.7 Å². The third kappa shape index (κ3) is 3.66. The summed E-state index contributed by atoms with van der Waals surface area (Å²) >= 11 is 0. The lowest BCUT2D eigenvalue weighted by Crippen LogP contribution is -2.70. The predicted octanol–water partition coefficient (Wildman–Crippen LogP) is 3.00. The van der Waals surface area contributed by atoms with Gasteiger partial charge in [0.05, 0.1) is 30.8 Å². The summed E-state index contributed by atoms with van der Waals surface area (Å²) in [5.74, 6) is -0.842. The molecule has 3 fully saturated rings. The van der Waals surface area contributed by atoms with Gasteiger partial charge in [0.25, 0.3) is 0 Å². The molecule has 0 saturated heterocycles. The summed E-state index contributed by atoms with van der Waals surface area (Å²) in [6.45, 7) is 5.74. The standard InChI is InChI=1S/C29H35NO8/c1-27-9-8-20(31)28(2,14-36-25(34)15-6-7-15)19(27)12-21(32)29(3)24(27)23(33)22-18(38-29)11-17(37-26(22)35)16-5-4-10-30-13-16/h4-5,10-11,13,15,19-21,23-24,31-33H,6-9,12,14H2,1-3H3. The number of carbonyl (C=O) groups is 1. The first-order valence-electron chi connectivity index (χ1n) is 13.5. The smallest absolute Gasteiger partial charge is 0.345 e. The van der Waals surface area contributed by atoms with E-state index in [1.165, 1.54) is 0 Å². The third-order valence-electron chi connectivity index (χ3n) is 10.0. The fourth-order valence-electron chi connectivity index (χ4n) is 7.72. The molecule has 204 valence electrons. The molecular weight excluding hydrogens is 490 g/mol. The fourth-order valence-corrected chi connectivity index (χ4v) is 7.72. The van der Waals surface area contributed by atoms with Crippen LogP contribution in [0.3, 0.4) is 0 Å². The number of fused-ring (bicyclic) bond motifs is 4. The summed E-state index contributed by atoms with van der Waals surface area (Å²) in [6.07, 6.45) is 3.09. The molecule has 3 heterocycles. The summed E-state index contributed by atoms with van der Waals surface area (Å²) in [4.78, 5) is 29.7. The maximum atomic E-state index is 13.2. The van der Waals surface area contributed by atoms with Crippen molar-refractivity contribution in [1.82, 2.24) is 4.98 Å². The second-order valence-electron chi connectivity index (χ2n) is 12.4. The van der Waals surface area contributed by atoms with E-state index in [0.717, 1.165) is 12.8 Å². The number of aromatic nitrogens is 1. The first-order chi connectivity index (χ1) is 18.0. The highest BCUT2D eigenvalue weighted by molar-refractivity contribution is 5.74. The van der Waals surface area contributed by atoms with Gasteiger partial charge in [-0.3, -0.25) is 9.78 Å². The van der Waals surface area contributed by atoms with Crippen LogP contribution in [0.4, 0.5) is 0 Å². The van der Waals surface area contributed by atoms with Gasteiger partial charge in [-0.1, -0.05) is 13.8 Å². The number of hydrogen-bond donors (Lipinski definition) is 3. The molecule has 3 aliphatic carbocycles. The quantitative estimate of drug-likeness (QED) is 0.514. The Morgan fingerprint density at radius 1 is 1.16 bits per heavy atom. The van der Waals surface area contributed by atoms with E-state index in [0.29, 0.717) is 18.4 Å². The van der Waals surface area contributed by atoms with Crippen LogP contribution in [0.5, 0.6) is 5.75 Å². The number of esters is 1. The molecule has 0 aromatic carbocycles. The van der Waals surface area contributed by atoms with Crippen LogP contribution in [-0.4, -0.2) is 50.7 Å². The summed E-state index contributed by atoms with van der Waals surface area (Å²) < 4.78 is 17.7. The number of aliphatic hydroxyl groups excluding tert-OH is 3. The molecular formula is C29H35NO8. The highest BCUT2D eigenvalue weighted by Crippen LogP contribution is 2.66. The van der Waals surface area contributed by atoms with Gasteiger partial charge in [0, 0.05) is 35.4 Å². The van der Waals surface area contributed by atoms with Crippen molar-refractivity contribution in [2.24, 2.45) is 28.6 Å².